The summed E-state index contributed by atoms with van der Waals surface area (Å²) < 4.78 is 13.1. The lowest BCUT2D eigenvalue weighted by Crippen LogP contribution is -2.14. The predicted molar refractivity (Wildman–Crippen MR) is 81.6 cm³/mol. The first-order valence-electron chi connectivity index (χ1n) is 5.78. The summed E-state index contributed by atoms with van der Waals surface area (Å²) in [6.45, 7) is 0. The second kappa shape index (κ2) is 6.63. The Morgan fingerprint density at radius 1 is 1.30 bits per heavy atom. The van der Waals surface area contributed by atoms with E-state index in [1.54, 1.807) is 30.3 Å². The average Bonchev–Trinajstić information content (AvgIpc) is 2.38. The van der Waals surface area contributed by atoms with Crippen LogP contribution in [0.4, 0.5) is 15.8 Å². The van der Waals surface area contributed by atoms with Gasteiger partial charge in [-0.3, -0.25) is 4.79 Å². The number of anilines is 2. The molecule has 20 heavy (non-hydrogen) atoms. The van der Waals surface area contributed by atoms with Crippen LogP contribution < -0.4 is 11.1 Å². The molecule has 0 heterocycles. The molecule has 2 aromatic carbocycles. The molecule has 2 aromatic rings. The number of hydrogen-bond acceptors (Lipinski definition) is 3. The normalized spacial score (nSPS) is 10.3. The van der Waals surface area contributed by atoms with E-state index in [4.69, 9.17) is 17.3 Å². The summed E-state index contributed by atoms with van der Waals surface area (Å²) in [6.07, 6.45) is 0. The highest BCUT2D eigenvalue weighted by Gasteiger charge is 2.07. The minimum atomic E-state index is -0.418. The number of nitrogens with two attached hydrogens (primary N) is 1. The summed E-state index contributed by atoms with van der Waals surface area (Å²) >= 11 is 7.15. The third-order valence-electron chi connectivity index (χ3n) is 2.41. The number of benzene rings is 2. The van der Waals surface area contributed by atoms with Gasteiger partial charge < -0.3 is 11.1 Å². The summed E-state index contributed by atoms with van der Waals surface area (Å²) in [4.78, 5) is 12.4. The molecule has 0 aromatic heterocycles. The van der Waals surface area contributed by atoms with Gasteiger partial charge in [-0.15, -0.1) is 11.8 Å². The lowest BCUT2D eigenvalue weighted by Gasteiger charge is -2.07. The third kappa shape index (κ3) is 4.15. The van der Waals surface area contributed by atoms with Gasteiger partial charge in [-0.25, -0.2) is 4.39 Å². The molecular formula is C14H12ClFN2OS. The molecule has 0 radical (unpaired) electrons. The van der Waals surface area contributed by atoms with Crippen LogP contribution in [0.15, 0.2) is 47.4 Å². The quantitative estimate of drug-likeness (QED) is 0.667. The molecule has 0 aliphatic heterocycles. The number of nitrogen functional groups attached to an aromatic ring is 1. The lowest BCUT2D eigenvalue weighted by molar-refractivity contribution is -0.113. The molecule has 2 rings (SSSR count). The summed E-state index contributed by atoms with van der Waals surface area (Å²) in [5, 5.41) is 3.17. The maximum absolute atomic E-state index is 13.1. The molecule has 3 N–H and O–H groups in total. The molecule has 0 fully saturated rings. The van der Waals surface area contributed by atoms with Gasteiger partial charge >= 0.3 is 0 Å². The van der Waals surface area contributed by atoms with Gasteiger partial charge in [0.05, 0.1) is 16.5 Å². The topological polar surface area (TPSA) is 55.1 Å². The maximum atomic E-state index is 13.1. The first kappa shape index (κ1) is 14.7. The van der Waals surface area contributed by atoms with Crippen molar-refractivity contribution in [3.63, 3.8) is 0 Å². The van der Waals surface area contributed by atoms with E-state index >= 15 is 0 Å². The zero-order chi connectivity index (χ0) is 14.5. The number of thioether (sulfide) groups is 1. The Labute approximate surface area is 125 Å². The van der Waals surface area contributed by atoms with Gasteiger partial charge in [-0.05, 0) is 30.3 Å². The van der Waals surface area contributed by atoms with Crippen LogP contribution in [0.1, 0.15) is 0 Å². The average molecular weight is 311 g/mol. The van der Waals surface area contributed by atoms with Gasteiger partial charge in [0.2, 0.25) is 5.91 Å². The molecular weight excluding hydrogens is 299 g/mol. The largest absolute Gasteiger partial charge is 0.399 e. The summed E-state index contributed by atoms with van der Waals surface area (Å²) in [6, 6.07) is 11.2. The maximum Gasteiger partial charge on any atom is 0.234 e. The van der Waals surface area contributed by atoms with Crippen molar-refractivity contribution in [1.82, 2.24) is 0 Å². The second-order valence-electron chi connectivity index (χ2n) is 4.04. The van der Waals surface area contributed by atoms with Gasteiger partial charge in [0.25, 0.3) is 0 Å². The van der Waals surface area contributed by atoms with Gasteiger partial charge in [0.15, 0.2) is 0 Å². The van der Waals surface area contributed by atoms with Crippen LogP contribution in [0.5, 0.6) is 0 Å². The van der Waals surface area contributed by atoms with Crippen molar-refractivity contribution < 1.29 is 9.18 Å². The third-order valence-corrected chi connectivity index (χ3v) is 3.72. The van der Waals surface area contributed by atoms with Gasteiger partial charge in [0.1, 0.15) is 5.82 Å². The molecule has 0 aliphatic rings. The zero-order valence-electron chi connectivity index (χ0n) is 10.4. The molecule has 104 valence electrons. The van der Waals surface area contributed by atoms with E-state index in [9.17, 15) is 9.18 Å². The summed E-state index contributed by atoms with van der Waals surface area (Å²) in [7, 11) is 0. The molecule has 0 aliphatic carbocycles. The number of halogens is 2. The standard InChI is InChI=1S/C14H12ClFN2OS/c15-12-3-1-2-4-13(12)18-14(19)8-20-11-6-9(16)5-10(17)7-11/h1-7H,8,17H2,(H,18,19). The van der Waals surface area contributed by atoms with Crippen molar-refractivity contribution in [2.75, 3.05) is 16.8 Å². The molecule has 0 saturated heterocycles. The van der Waals surface area contributed by atoms with Gasteiger partial charge in [-0.2, -0.15) is 0 Å². The minimum absolute atomic E-state index is 0.147. The van der Waals surface area contributed by atoms with Crippen molar-refractivity contribution in [2.24, 2.45) is 0 Å². The van der Waals surface area contributed by atoms with E-state index in [1.165, 1.54) is 23.9 Å². The fraction of sp³-hybridized carbons (Fsp3) is 0.0714. The molecule has 1 amide bonds. The number of carbonyl (C=O) groups excluding carboxylic acids is 1. The highest BCUT2D eigenvalue weighted by molar-refractivity contribution is 8.00. The van der Waals surface area contributed by atoms with E-state index in [1.807, 2.05) is 0 Å². The van der Waals surface area contributed by atoms with Crippen molar-refractivity contribution in [3.05, 3.63) is 53.3 Å². The number of carbonyl (C=O) groups is 1. The van der Waals surface area contributed by atoms with E-state index < -0.39 is 5.82 Å². The van der Waals surface area contributed by atoms with Crippen molar-refractivity contribution in [2.45, 2.75) is 4.90 Å². The molecule has 3 nitrogen and oxygen atoms in total. The fourth-order valence-corrected chi connectivity index (χ4v) is 2.53. The first-order valence-corrected chi connectivity index (χ1v) is 7.14. The van der Waals surface area contributed by atoms with Gasteiger partial charge in [0, 0.05) is 10.6 Å². The van der Waals surface area contributed by atoms with Crippen molar-refractivity contribution >= 4 is 40.6 Å². The Morgan fingerprint density at radius 3 is 2.75 bits per heavy atom. The number of nitrogens with one attached hydrogen (secondary N) is 1. The Kier molecular flexibility index (Phi) is 4.87. The summed E-state index contributed by atoms with van der Waals surface area (Å²) in [5.41, 5.74) is 6.42. The van der Waals surface area contributed by atoms with Crippen LogP contribution in [-0.4, -0.2) is 11.7 Å². The van der Waals surface area contributed by atoms with Gasteiger partial charge in [-0.1, -0.05) is 23.7 Å². The van der Waals surface area contributed by atoms with E-state index in [2.05, 4.69) is 5.32 Å². The highest BCUT2D eigenvalue weighted by atomic mass is 35.5. The number of rotatable bonds is 4. The number of para-hydroxylation sites is 1. The Bertz CT molecular complexity index is 616. The Morgan fingerprint density at radius 2 is 2.05 bits per heavy atom. The Hall–Kier alpha value is -1.72. The van der Waals surface area contributed by atoms with E-state index in [-0.39, 0.29) is 11.7 Å². The summed E-state index contributed by atoms with van der Waals surface area (Å²) in [5.74, 6) is -0.487. The van der Waals surface area contributed by atoms with E-state index in [0.29, 0.717) is 21.3 Å². The highest BCUT2D eigenvalue weighted by Crippen LogP contribution is 2.24. The van der Waals surface area contributed by atoms with E-state index in [0.717, 1.165) is 0 Å². The fourth-order valence-electron chi connectivity index (χ4n) is 1.57. The van der Waals surface area contributed by atoms with Crippen LogP contribution in [0.3, 0.4) is 0 Å². The first-order chi connectivity index (χ1) is 9.54. The van der Waals surface area contributed by atoms with Crippen molar-refractivity contribution in [1.29, 1.82) is 0 Å². The SMILES string of the molecule is Nc1cc(F)cc(SCC(=O)Nc2ccccc2Cl)c1. The Balaban J connectivity index is 1.94. The monoisotopic (exact) mass is 310 g/mol. The smallest absolute Gasteiger partial charge is 0.234 e. The molecule has 0 unspecified atom stereocenters. The lowest BCUT2D eigenvalue weighted by atomic mass is 10.3. The molecule has 0 spiro atoms. The van der Waals surface area contributed by atoms with Crippen LogP contribution >= 0.6 is 23.4 Å². The number of hydrogen-bond donors (Lipinski definition) is 2. The molecule has 6 heteroatoms. The second-order valence-corrected chi connectivity index (χ2v) is 5.49. The molecule has 0 atom stereocenters. The van der Waals surface area contributed by atoms with Crippen LogP contribution in [0.2, 0.25) is 5.02 Å². The molecule has 0 bridgehead atoms. The zero-order valence-corrected chi connectivity index (χ0v) is 12.0. The van der Waals surface area contributed by atoms with Crippen LogP contribution in [0.25, 0.3) is 0 Å². The van der Waals surface area contributed by atoms with Crippen LogP contribution in [-0.2, 0) is 4.79 Å². The predicted octanol–water partition coefficient (Wildman–Crippen LogP) is 3.79. The van der Waals surface area contributed by atoms with Crippen molar-refractivity contribution in [3.8, 4) is 0 Å². The minimum Gasteiger partial charge on any atom is -0.399 e. The molecule has 0 saturated carbocycles. The van der Waals surface area contributed by atoms with Crippen LogP contribution in [0, 0.1) is 5.82 Å². The number of amides is 1.